The minimum atomic E-state index is -0.952. The van der Waals surface area contributed by atoms with E-state index in [2.05, 4.69) is 30.5 Å². The van der Waals surface area contributed by atoms with Gasteiger partial charge in [-0.05, 0) is 34.3 Å². The number of esters is 1. The quantitative estimate of drug-likeness (QED) is 0.0503. The Labute approximate surface area is 297 Å². The number of allylic oxidation sites excluding steroid dienone is 1. The van der Waals surface area contributed by atoms with Crippen LogP contribution in [0, 0.1) is 0 Å². The van der Waals surface area contributed by atoms with E-state index in [-0.39, 0.29) is 22.2 Å². The van der Waals surface area contributed by atoms with Crippen LogP contribution in [0.2, 0.25) is 0 Å². The molecule has 0 unspecified atom stereocenters. The molecule has 0 saturated carbocycles. The lowest BCUT2D eigenvalue weighted by Crippen LogP contribution is -2.71. The van der Waals surface area contributed by atoms with Crippen molar-refractivity contribution in [1.82, 2.24) is 34.8 Å². The maximum absolute atomic E-state index is 14.3. The number of carbonyl (C=O) groups excluding carboxylic acids is 3. The lowest BCUT2D eigenvalue weighted by atomic mass is 10.0. The van der Waals surface area contributed by atoms with Gasteiger partial charge in [0.1, 0.15) is 41.3 Å². The van der Waals surface area contributed by atoms with Crippen LogP contribution >= 0.6 is 34.9 Å². The Balaban J connectivity index is 1.18. The van der Waals surface area contributed by atoms with E-state index in [1.54, 1.807) is 33.6 Å². The highest BCUT2D eigenvalue weighted by Crippen LogP contribution is 2.42. The molecule has 2 atom stereocenters. The summed E-state index contributed by atoms with van der Waals surface area (Å²) >= 11 is 3.87. The molecule has 1 saturated heterocycles. The van der Waals surface area contributed by atoms with Gasteiger partial charge < -0.3 is 20.6 Å². The van der Waals surface area contributed by atoms with Crippen molar-refractivity contribution in [1.29, 1.82) is 0 Å². The van der Waals surface area contributed by atoms with Crippen molar-refractivity contribution >= 4 is 69.3 Å². The van der Waals surface area contributed by atoms with Crippen molar-refractivity contribution in [2.45, 2.75) is 22.5 Å². The summed E-state index contributed by atoms with van der Waals surface area (Å²) < 4.78 is 7.79. The molecule has 1 fully saturated rings. The van der Waals surface area contributed by atoms with E-state index in [9.17, 15) is 14.4 Å². The SMILES string of the molecule is CON=C(C(=O)N[C@@H]1C(=O)N2C(C(=O)OC(c3ccccc3)c3ccccc3)=C(/C=C/Sc3ccn4ncnc4n3)CS[C@H]12)c1csc(N)n1. The number of carbonyl (C=O) groups is 3. The number of nitrogen functional groups attached to an aromatic ring is 1. The second-order valence-electron chi connectivity index (χ2n) is 10.7. The van der Waals surface area contributed by atoms with Crippen LogP contribution in [0.25, 0.3) is 5.78 Å². The van der Waals surface area contributed by atoms with Crippen LogP contribution in [0.1, 0.15) is 22.9 Å². The van der Waals surface area contributed by atoms with Crippen molar-refractivity contribution in [3.8, 4) is 0 Å². The zero-order chi connectivity index (χ0) is 34.6. The average Bonchev–Trinajstić information content (AvgIpc) is 3.80. The summed E-state index contributed by atoms with van der Waals surface area (Å²) in [4.78, 5) is 60.4. The van der Waals surface area contributed by atoms with E-state index < -0.39 is 35.3 Å². The number of aromatic nitrogens is 5. The molecule has 14 nitrogen and oxygen atoms in total. The molecule has 0 spiro atoms. The monoisotopic (exact) mass is 725 g/mol. The zero-order valence-electron chi connectivity index (χ0n) is 26.2. The first-order chi connectivity index (χ1) is 24.4. The molecule has 2 amide bonds. The van der Waals surface area contributed by atoms with Gasteiger partial charge in [-0.3, -0.25) is 14.5 Å². The van der Waals surface area contributed by atoms with Gasteiger partial charge in [0, 0.05) is 17.3 Å². The van der Waals surface area contributed by atoms with Crippen molar-refractivity contribution in [2.24, 2.45) is 5.16 Å². The topological polar surface area (TPSA) is 179 Å². The molecule has 252 valence electrons. The van der Waals surface area contributed by atoms with Gasteiger partial charge in [0.2, 0.25) is 0 Å². The lowest BCUT2D eigenvalue weighted by Gasteiger charge is -2.49. The number of nitrogens with one attached hydrogen (secondary N) is 1. The molecule has 0 bridgehead atoms. The number of nitrogens with two attached hydrogens (primary N) is 1. The molecule has 3 N–H and O–H groups in total. The number of amides is 2. The molecular formula is C33H27N9O5S3. The highest BCUT2D eigenvalue weighted by atomic mass is 32.2. The fraction of sp³-hybridized carbons (Fsp3) is 0.152. The van der Waals surface area contributed by atoms with E-state index in [1.165, 1.54) is 41.9 Å². The number of oxime groups is 1. The van der Waals surface area contributed by atoms with Crippen LogP contribution in [-0.4, -0.2) is 77.2 Å². The second-order valence-corrected chi connectivity index (χ2v) is 13.6. The first-order valence-corrected chi connectivity index (χ1v) is 17.8. The first-order valence-electron chi connectivity index (χ1n) is 15.0. The fourth-order valence-corrected chi connectivity index (χ4v) is 7.87. The molecular weight excluding hydrogens is 699 g/mol. The summed E-state index contributed by atoms with van der Waals surface area (Å²) in [5, 5.41) is 14.3. The molecule has 0 radical (unpaired) electrons. The van der Waals surface area contributed by atoms with Gasteiger partial charge in [-0.2, -0.15) is 10.1 Å². The lowest BCUT2D eigenvalue weighted by molar-refractivity contribution is -0.154. The van der Waals surface area contributed by atoms with Crippen molar-refractivity contribution < 1.29 is 24.0 Å². The minimum Gasteiger partial charge on any atom is -0.448 e. The predicted molar refractivity (Wildman–Crippen MR) is 189 cm³/mol. The van der Waals surface area contributed by atoms with Gasteiger partial charge in [-0.15, -0.1) is 23.1 Å². The molecule has 17 heteroatoms. The first kappa shape index (κ1) is 33.0. The van der Waals surface area contributed by atoms with Crippen molar-refractivity contribution in [3.05, 3.63) is 124 Å². The minimum absolute atomic E-state index is 0.0943. The molecule has 5 heterocycles. The summed E-state index contributed by atoms with van der Waals surface area (Å²) in [7, 11) is 1.30. The van der Waals surface area contributed by atoms with E-state index in [4.69, 9.17) is 15.3 Å². The number of thiazole rings is 1. The molecule has 0 aliphatic carbocycles. The van der Waals surface area contributed by atoms with Crippen LogP contribution < -0.4 is 11.1 Å². The van der Waals surface area contributed by atoms with Crippen LogP contribution in [0.4, 0.5) is 5.13 Å². The molecule has 2 aliphatic rings. The largest absolute Gasteiger partial charge is 0.448 e. The number of nitrogens with zero attached hydrogens (tertiary/aromatic N) is 7. The van der Waals surface area contributed by atoms with Crippen LogP contribution in [0.15, 0.2) is 118 Å². The molecule has 5 aromatic rings. The van der Waals surface area contributed by atoms with Gasteiger partial charge in [-0.1, -0.05) is 77.6 Å². The number of hydrogen-bond acceptors (Lipinski definition) is 14. The highest BCUT2D eigenvalue weighted by Gasteiger charge is 2.54. The Bertz CT molecular complexity index is 2110. The number of rotatable bonds is 11. The predicted octanol–water partition coefficient (Wildman–Crippen LogP) is 3.81. The normalized spacial score (nSPS) is 17.6. The van der Waals surface area contributed by atoms with Crippen LogP contribution in [0.3, 0.4) is 0 Å². The maximum Gasteiger partial charge on any atom is 0.356 e. The molecule has 7 rings (SSSR count). The van der Waals surface area contributed by atoms with Gasteiger partial charge in [0.25, 0.3) is 17.6 Å². The van der Waals surface area contributed by atoms with Gasteiger partial charge in [0.05, 0.1) is 0 Å². The number of ether oxygens (including phenoxy) is 1. The molecule has 2 aromatic carbocycles. The Hall–Kier alpha value is -5.52. The van der Waals surface area contributed by atoms with Crippen LogP contribution in [-0.2, 0) is 24.0 Å². The van der Waals surface area contributed by atoms with E-state index in [0.29, 0.717) is 22.1 Å². The molecule has 2 aliphatic heterocycles. The van der Waals surface area contributed by atoms with Crippen molar-refractivity contribution in [2.75, 3.05) is 18.6 Å². The Kier molecular flexibility index (Phi) is 9.59. The maximum atomic E-state index is 14.3. The molecule has 3 aromatic heterocycles. The van der Waals surface area contributed by atoms with Gasteiger partial charge >= 0.3 is 5.97 Å². The summed E-state index contributed by atoms with van der Waals surface area (Å²) in [5.74, 6) is -1.03. The third-order valence-corrected chi connectivity index (χ3v) is 10.4. The van der Waals surface area contributed by atoms with E-state index >= 15 is 0 Å². The van der Waals surface area contributed by atoms with E-state index in [0.717, 1.165) is 22.5 Å². The smallest absolute Gasteiger partial charge is 0.356 e. The Morgan fingerprint density at radius 1 is 1.10 bits per heavy atom. The van der Waals surface area contributed by atoms with Crippen LogP contribution in [0.5, 0.6) is 0 Å². The number of hydrogen-bond donors (Lipinski definition) is 2. The number of thioether (sulfide) groups is 2. The number of anilines is 1. The molecule has 50 heavy (non-hydrogen) atoms. The number of fused-ring (bicyclic) bond motifs is 2. The second kappa shape index (κ2) is 14.5. The number of benzene rings is 2. The third kappa shape index (κ3) is 6.70. The average molecular weight is 726 g/mol. The summed E-state index contributed by atoms with van der Waals surface area (Å²) in [6, 6.07) is 19.6. The summed E-state index contributed by atoms with van der Waals surface area (Å²) in [6.07, 6.45) is 4.20. The van der Waals surface area contributed by atoms with Gasteiger partial charge in [-0.25, -0.2) is 19.3 Å². The number of β-lactam (4-membered cyclic amide) rings is 1. The zero-order valence-corrected chi connectivity index (χ0v) is 28.6. The fourth-order valence-electron chi connectivity index (χ4n) is 5.36. The Morgan fingerprint density at radius 2 is 1.84 bits per heavy atom. The standard InChI is InChI=1S/C33H27N9O5S3/c1-46-40-24(22-17-50-32(34)37-22)28(43)39-25-29(44)42-26(31(45)47-27(19-8-4-2-5-9-19)20-10-6-3-7-11-20)21(16-49-30(25)42)13-15-48-23-12-14-41-33(38-23)35-18-36-41/h2-15,17-18,25,27,30H,16H2,1H3,(H2,34,37)(H,39,43)/b15-13+,40-24?/t25-,30-/m1/s1. The van der Waals surface area contributed by atoms with Gasteiger partial charge in [0.15, 0.2) is 16.9 Å². The summed E-state index contributed by atoms with van der Waals surface area (Å²) in [6.45, 7) is 0. The third-order valence-electron chi connectivity index (χ3n) is 7.65. The van der Waals surface area contributed by atoms with E-state index in [1.807, 2.05) is 60.7 Å². The summed E-state index contributed by atoms with van der Waals surface area (Å²) in [5.41, 5.74) is 8.05. The highest BCUT2D eigenvalue weighted by molar-refractivity contribution is 8.02. The van der Waals surface area contributed by atoms with Crippen molar-refractivity contribution in [3.63, 3.8) is 0 Å². The Morgan fingerprint density at radius 3 is 2.52 bits per heavy atom.